The van der Waals surface area contributed by atoms with Gasteiger partial charge in [-0.2, -0.15) is 0 Å². The van der Waals surface area contributed by atoms with E-state index in [-0.39, 0.29) is 5.60 Å². The first-order valence-corrected chi connectivity index (χ1v) is 8.63. The Bertz CT molecular complexity index is 468. The van der Waals surface area contributed by atoms with E-state index in [1.807, 2.05) is 0 Å². The summed E-state index contributed by atoms with van der Waals surface area (Å²) < 4.78 is 6.79. The second kappa shape index (κ2) is 6.50. The number of likely N-dealkylation sites (N-methyl/N-ethyl adjacent to an activating group) is 1. The predicted molar refractivity (Wildman–Crippen MR) is 87.5 cm³/mol. The Hall–Kier alpha value is -0.860. The number of aryl methyl sites for hydroxylation is 1. The molecular formula is C19H29NO. The van der Waals surface area contributed by atoms with E-state index >= 15 is 0 Å². The zero-order valence-corrected chi connectivity index (χ0v) is 13.5. The Morgan fingerprint density at radius 3 is 2.90 bits per heavy atom. The number of ether oxygens (including phenoxy) is 1. The van der Waals surface area contributed by atoms with Gasteiger partial charge in [0.25, 0.3) is 0 Å². The Balaban J connectivity index is 1.80. The molecule has 0 spiro atoms. The number of nitrogens with one attached hydrogen (secondary N) is 1. The number of hydrogen-bond donors (Lipinski definition) is 1. The molecule has 1 fully saturated rings. The first-order chi connectivity index (χ1) is 10.2. The molecule has 0 aliphatic heterocycles. The van der Waals surface area contributed by atoms with Crippen LogP contribution < -0.4 is 5.32 Å². The van der Waals surface area contributed by atoms with Gasteiger partial charge in [-0.3, -0.25) is 0 Å². The summed E-state index contributed by atoms with van der Waals surface area (Å²) in [6.07, 6.45) is 9.01. The molecule has 0 bridgehead atoms. The minimum atomic E-state index is 0.0432. The third-order valence-electron chi connectivity index (χ3n) is 5.26. The van der Waals surface area contributed by atoms with Crippen LogP contribution in [0.4, 0.5) is 0 Å². The van der Waals surface area contributed by atoms with Crippen LogP contribution in [-0.4, -0.2) is 19.2 Å². The van der Waals surface area contributed by atoms with Gasteiger partial charge < -0.3 is 10.1 Å². The van der Waals surface area contributed by atoms with Crippen LogP contribution in [0.1, 0.15) is 62.7 Å². The minimum absolute atomic E-state index is 0.0432. The van der Waals surface area contributed by atoms with Crippen LogP contribution in [0.3, 0.4) is 0 Å². The number of fused-ring (bicyclic) bond motifs is 1. The van der Waals surface area contributed by atoms with Gasteiger partial charge >= 0.3 is 0 Å². The average molecular weight is 287 g/mol. The van der Waals surface area contributed by atoms with Crippen molar-refractivity contribution in [3.8, 4) is 0 Å². The van der Waals surface area contributed by atoms with Crippen molar-refractivity contribution in [2.24, 2.45) is 5.92 Å². The van der Waals surface area contributed by atoms with Crippen LogP contribution in [0, 0.1) is 5.92 Å². The monoisotopic (exact) mass is 287 g/mol. The molecule has 2 aliphatic carbocycles. The Morgan fingerprint density at radius 1 is 1.24 bits per heavy atom. The molecule has 21 heavy (non-hydrogen) atoms. The maximum atomic E-state index is 6.79. The molecular weight excluding hydrogens is 258 g/mol. The highest BCUT2D eigenvalue weighted by molar-refractivity contribution is 5.31. The molecule has 0 aromatic heterocycles. The summed E-state index contributed by atoms with van der Waals surface area (Å²) in [6, 6.07) is 8.87. The fourth-order valence-corrected chi connectivity index (χ4v) is 4.38. The average Bonchev–Trinajstić information content (AvgIpc) is 2.48. The lowest BCUT2D eigenvalue weighted by molar-refractivity contribution is -0.126. The summed E-state index contributed by atoms with van der Waals surface area (Å²) in [7, 11) is 2.05. The van der Waals surface area contributed by atoms with E-state index in [9.17, 15) is 0 Å². The highest BCUT2D eigenvalue weighted by Crippen LogP contribution is 2.42. The van der Waals surface area contributed by atoms with E-state index in [0.29, 0.717) is 6.10 Å². The summed E-state index contributed by atoms with van der Waals surface area (Å²) >= 11 is 0. The van der Waals surface area contributed by atoms with Crippen molar-refractivity contribution >= 4 is 0 Å². The van der Waals surface area contributed by atoms with Crippen molar-refractivity contribution < 1.29 is 4.74 Å². The molecule has 0 saturated heterocycles. The summed E-state index contributed by atoms with van der Waals surface area (Å²) in [5, 5.41) is 3.39. The molecule has 3 atom stereocenters. The predicted octanol–water partition coefficient (Wildman–Crippen LogP) is 4.25. The van der Waals surface area contributed by atoms with Gasteiger partial charge in [-0.25, -0.2) is 0 Å². The zero-order valence-electron chi connectivity index (χ0n) is 13.5. The Morgan fingerprint density at radius 2 is 2.10 bits per heavy atom. The van der Waals surface area contributed by atoms with Gasteiger partial charge in [0.2, 0.25) is 0 Å². The molecule has 0 amide bonds. The summed E-state index contributed by atoms with van der Waals surface area (Å²) in [6.45, 7) is 3.36. The first-order valence-electron chi connectivity index (χ1n) is 8.63. The molecule has 0 radical (unpaired) electrons. The zero-order chi connectivity index (χ0) is 14.7. The van der Waals surface area contributed by atoms with E-state index in [2.05, 4.69) is 43.6 Å². The lowest BCUT2D eigenvalue weighted by Gasteiger charge is -2.43. The third kappa shape index (κ3) is 3.32. The van der Waals surface area contributed by atoms with E-state index < -0.39 is 0 Å². The Labute approximate surface area is 129 Å². The van der Waals surface area contributed by atoms with Crippen molar-refractivity contribution in [2.45, 2.75) is 63.6 Å². The van der Waals surface area contributed by atoms with Gasteiger partial charge in [0, 0.05) is 6.54 Å². The molecule has 2 nitrogen and oxygen atoms in total. The van der Waals surface area contributed by atoms with Crippen molar-refractivity contribution in [3.63, 3.8) is 0 Å². The highest BCUT2D eigenvalue weighted by Gasteiger charge is 2.38. The fourth-order valence-electron chi connectivity index (χ4n) is 4.38. The lowest BCUT2D eigenvalue weighted by atomic mass is 9.78. The SMILES string of the molecule is CNCC1(OC2CCCc3ccccc32)CCCC(C)C1. The molecule has 116 valence electrons. The standard InChI is InChI=1S/C19H29NO/c1-15-7-6-12-19(13-15,14-20-2)21-18-11-5-9-16-8-3-4-10-17(16)18/h3-4,8,10,15,18,20H,5-7,9,11-14H2,1-2H3. The van der Waals surface area contributed by atoms with E-state index in [1.165, 1.54) is 56.1 Å². The van der Waals surface area contributed by atoms with E-state index in [1.54, 1.807) is 0 Å². The molecule has 2 aliphatic rings. The Kier molecular flexibility index (Phi) is 4.66. The molecule has 0 heterocycles. The molecule has 3 unspecified atom stereocenters. The molecule has 2 heteroatoms. The van der Waals surface area contributed by atoms with Crippen molar-refractivity contribution in [2.75, 3.05) is 13.6 Å². The van der Waals surface area contributed by atoms with Gasteiger partial charge in [-0.15, -0.1) is 0 Å². The second-order valence-corrected chi connectivity index (χ2v) is 7.11. The second-order valence-electron chi connectivity index (χ2n) is 7.11. The first kappa shape index (κ1) is 15.1. The van der Waals surface area contributed by atoms with Crippen LogP contribution >= 0.6 is 0 Å². The van der Waals surface area contributed by atoms with Crippen LogP contribution in [0.25, 0.3) is 0 Å². The number of benzene rings is 1. The number of hydrogen-bond acceptors (Lipinski definition) is 2. The van der Waals surface area contributed by atoms with Crippen LogP contribution in [0.2, 0.25) is 0 Å². The van der Waals surface area contributed by atoms with Gasteiger partial charge in [-0.1, -0.05) is 44.0 Å². The van der Waals surface area contributed by atoms with Crippen molar-refractivity contribution in [1.82, 2.24) is 5.32 Å². The third-order valence-corrected chi connectivity index (χ3v) is 5.26. The van der Waals surface area contributed by atoms with Gasteiger partial charge in [0.1, 0.15) is 0 Å². The quantitative estimate of drug-likeness (QED) is 0.894. The van der Waals surface area contributed by atoms with Gasteiger partial charge in [-0.05, 0) is 56.2 Å². The summed E-state index contributed by atoms with van der Waals surface area (Å²) in [5.41, 5.74) is 2.98. The molecule has 1 N–H and O–H groups in total. The summed E-state index contributed by atoms with van der Waals surface area (Å²) in [4.78, 5) is 0. The fraction of sp³-hybridized carbons (Fsp3) is 0.684. The molecule has 1 aromatic carbocycles. The number of rotatable bonds is 4. The van der Waals surface area contributed by atoms with Crippen molar-refractivity contribution in [1.29, 1.82) is 0 Å². The van der Waals surface area contributed by atoms with Crippen LogP contribution in [0.15, 0.2) is 24.3 Å². The van der Waals surface area contributed by atoms with E-state index in [0.717, 1.165) is 12.5 Å². The topological polar surface area (TPSA) is 21.3 Å². The maximum absolute atomic E-state index is 6.79. The van der Waals surface area contributed by atoms with Gasteiger partial charge in [0.15, 0.2) is 0 Å². The smallest absolute Gasteiger partial charge is 0.0835 e. The van der Waals surface area contributed by atoms with E-state index in [4.69, 9.17) is 4.74 Å². The lowest BCUT2D eigenvalue weighted by Crippen LogP contribution is -2.46. The van der Waals surface area contributed by atoms with Crippen LogP contribution in [0.5, 0.6) is 0 Å². The normalized spacial score (nSPS) is 32.7. The van der Waals surface area contributed by atoms with Crippen LogP contribution in [-0.2, 0) is 11.2 Å². The maximum Gasteiger partial charge on any atom is 0.0835 e. The van der Waals surface area contributed by atoms with Crippen molar-refractivity contribution in [3.05, 3.63) is 35.4 Å². The molecule has 1 aromatic rings. The highest BCUT2D eigenvalue weighted by atomic mass is 16.5. The van der Waals surface area contributed by atoms with Gasteiger partial charge in [0.05, 0.1) is 11.7 Å². The summed E-state index contributed by atoms with van der Waals surface area (Å²) in [5.74, 6) is 0.783. The minimum Gasteiger partial charge on any atom is -0.366 e. The molecule has 3 rings (SSSR count). The largest absolute Gasteiger partial charge is 0.366 e. The molecule has 1 saturated carbocycles.